The van der Waals surface area contributed by atoms with Crippen molar-refractivity contribution in [3.63, 3.8) is 0 Å². The maximum Gasteiger partial charge on any atom is 0.330 e. The molecular formula is C13H20N4O2. The lowest BCUT2D eigenvalue weighted by Gasteiger charge is -2.18. The molecule has 6 heteroatoms. The average molecular weight is 264 g/mol. The molecule has 1 unspecified atom stereocenters. The van der Waals surface area contributed by atoms with Crippen LogP contribution < -0.4 is 10.2 Å². The minimum Gasteiger partial charge on any atom is -0.323 e. The Labute approximate surface area is 112 Å². The number of imide groups is 1. The maximum atomic E-state index is 12.4. The number of nitrogens with zero attached hydrogens (tertiary/aromatic N) is 3. The van der Waals surface area contributed by atoms with Crippen molar-refractivity contribution in [1.29, 1.82) is 0 Å². The fraction of sp³-hybridized carbons (Fsp3) is 0.615. The van der Waals surface area contributed by atoms with E-state index in [1.54, 1.807) is 17.7 Å². The van der Waals surface area contributed by atoms with Gasteiger partial charge in [0.05, 0.1) is 0 Å². The van der Waals surface area contributed by atoms with Crippen molar-refractivity contribution in [3.05, 3.63) is 11.8 Å². The smallest absolute Gasteiger partial charge is 0.323 e. The zero-order chi connectivity index (χ0) is 14.4. The van der Waals surface area contributed by atoms with Gasteiger partial charge in [-0.2, -0.15) is 5.10 Å². The van der Waals surface area contributed by atoms with E-state index in [0.717, 1.165) is 10.6 Å². The molecule has 1 saturated heterocycles. The van der Waals surface area contributed by atoms with Crippen LogP contribution in [-0.4, -0.2) is 27.3 Å². The van der Waals surface area contributed by atoms with E-state index < -0.39 is 11.6 Å². The normalized spacial score (nSPS) is 23.4. The van der Waals surface area contributed by atoms with Gasteiger partial charge in [0.15, 0.2) is 5.82 Å². The molecule has 0 bridgehead atoms. The number of rotatable bonds is 3. The summed E-state index contributed by atoms with van der Waals surface area (Å²) < 4.78 is 1.80. The van der Waals surface area contributed by atoms with Crippen molar-refractivity contribution in [2.75, 3.05) is 4.90 Å². The zero-order valence-corrected chi connectivity index (χ0v) is 12.0. The van der Waals surface area contributed by atoms with Gasteiger partial charge in [-0.1, -0.05) is 6.92 Å². The molecule has 6 nitrogen and oxygen atoms in total. The van der Waals surface area contributed by atoms with Gasteiger partial charge in [-0.05, 0) is 34.1 Å². The number of urea groups is 1. The summed E-state index contributed by atoms with van der Waals surface area (Å²) in [6.45, 7) is 9.53. The Hall–Kier alpha value is -1.85. The molecule has 3 amide bonds. The first kappa shape index (κ1) is 13.6. The van der Waals surface area contributed by atoms with E-state index in [4.69, 9.17) is 0 Å². The van der Waals surface area contributed by atoms with Crippen LogP contribution in [0.3, 0.4) is 0 Å². The molecule has 104 valence electrons. The van der Waals surface area contributed by atoms with Gasteiger partial charge >= 0.3 is 6.03 Å². The monoisotopic (exact) mass is 264 g/mol. The van der Waals surface area contributed by atoms with Crippen LogP contribution in [0.25, 0.3) is 0 Å². The molecule has 1 fully saturated rings. The molecule has 0 spiro atoms. The quantitative estimate of drug-likeness (QED) is 0.849. The fourth-order valence-corrected chi connectivity index (χ4v) is 2.24. The van der Waals surface area contributed by atoms with Crippen molar-refractivity contribution >= 4 is 17.8 Å². The summed E-state index contributed by atoms with van der Waals surface area (Å²) >= 11 is 0. The summed E-state index contributed by atoms with van der Waals surface area (Å²) in [6.07, 6.45) is 0.554. The highest BCUT2D eigenvalue weighted by atomic mass is 16.2. The Morgan fingerprint density at radius 2 is 2.05 bits per heavy atom. The van der Waals surface area contributed by atoms with Crippen LogP contribution in [-0.2, 0) is 4.79 Å². The van der Waals surface area contributed by atoms with Crippen LogP contribution in [0.5, 0.6) is 0 Å². The van der Waals surface area contributed by atoms with Gasteiger partial charge in [-0.25, -0.2) is 9.69 Å². The van der Waals surface area contributed by atoms with Crippen LogP contribution >= 0.6 is 0 Å². The molecule has 1 aliphatic rings. The second kappa shape index (κ2) is 4.36. The largest absolute Gasteiger partial charge is 0.330 e. The Morgan fingerprint density at radius 1 is 1.42 bits per heavy atom. The number of anilines is 1. The molecular weight excluding hydrogens is 244 g/mol. The van der Waals surface area contributed by atoms with Crippen LogP contribution in [0, 0.1) is 6.92 Å². The van der Waals surface area contributed by atoms with E-state index in [2.05, 4.69) is 10.4 Å². The molecule has 0 saturated carbocycles. The number of carbonyl (C=O) groups excluding carboxylic acids is 2. The van der Waals surface area contributed by atoms with E-state index in [9.17, 15) is 9.59 Å². The average Bonchev–Trinajstić information content (AvgIpc) is 2.79. The highest BCUT2D eigenvalue weighted by Crippen LogP contribution is 2.27. The molecule has 0 aliphatic carbocycles. The highest BCUT2D eigenvalue weighted by Gasteiger charge is 2.48. The lowest BCUT2D eigenvalue weighted by molar-refractivity contribution is -0.121. The maximum absolute atomic E-state index is 12.4. The third-order valence-corrected chi connectivity index (χ3v) is 3.60. The van der Waals surface area contributed by atoms with Crippen molar-refractivity contribution < 1.29 is 9.59 Å². The summed E-state index contributed by atoms with van der Waals surface area (Å²) in [5.41, 5.74) is 0.0998. The van der Waals surface area contributed by atoms with E-state index in [-0.39, 0.29) is 11.9 Å². The summed E-state index contributed by atoms with van der Waals surface area (Å²) in [5, 5.41) is 7.08. The summed E-state index contributed by atoms with van der Waals surface area (Å²) in [7, 11) is 0. The van der Waals surface area contributed by atoms with Crippen molar-refractivity contribution in [2.45, 2.75) is 52.6 Å². The predicted octanol–water partition coefficient (Wildman–Crippen LogP) is 2.00. The zero-order valence-electron chi connectivity index (χ0n) is 12.0. The van der Waals surface area contributed by atoms with Gasteiger partial charge < -0.3 is 5.32 Å². The number of amides is 3. The van der Waals surface area contributed by atoms with Crippen molar-refractivity contribution in [3.8, 4) is 0 Å². The minimum atomic E-state index is -0.827. The Kier molecular flexibility index (Phi) is 3.12. The van der Waals surface area contributed by atoms with E-state index in [1.807, 2.05) is 27.7 Å². The van der Waals surface area contributed by atoms with E-state index >= 15 is 0 Å². The van der Waals surface area contributed by atoms with E-state index in [0.29, 0.717) is 12.2 Å². The lowest BCUT2D eigenvalue weighted by Crippen LogP contribution is -2.43. The first-order valence-corrected chi connectivity index (χ1v) is 6.53. The van der Waals surface area contributed by atoms with Crippen LogP contribution in [0.4, 0.5) is 10.6 Å². The van der Waals surface area contributed by atoms with Gasteiger partial charge in [-0.3, -0.25) is 9.48 Å². The topological polar surface area (TPSA) is 67.2 Å². The first-order valence-electron chi connectivity index (χ1n) is 6.53. The number of hydrogen-bond acceptors (Lipinski definition) is 3. The second-order valence-corrected chi connectivity index (χ2v) is 5.44. The number of hydrogen-bond donors (Lipinski definition) is 1. The van der Waals surface area contributed by atoms with Crippen LogP contribution in [0.15, 0.2) is 6.07 Å². The molecule has 1 aliphatic heterocycles. The standard InChI is InChI=1S/C13H20N4O2/c1-6-13(5)11(18)16(12(19)14-13)10-7-9(4)17(15-10)8(2)3/h7-8H,6H2,1-5H3,(H,14,19). The van der Waals surface area contributed by atoms with Gasteiger partial charge in [-0.15, -0.1) is 0 Å². The Morgan fingerprint density at radius 3 is 2.47 bits per heavy atom. The molecule has 1 N–H and O–H groups in total. The summed E-state index contributed by atoms with van der Waals surface area (Å²) in [6, 6.07) is 1.55. The lowest BCUT2D eigenvalue weighted by atomic mass is 9.99. The summed E-state index contributed by atoms with van der Waals surface area (Å²) in [5.74, 6) is 0.152. The van der Waals surface area contributed by atoms with Gasteiger partial charge in [0, 0.05) is 17.8 Å². The van der Waals surface area contributed by atoms with Crippen molar-refractivity contribution in [2.24, 2.45) is 0 Å². The minimum absolute atomic E-state index is 0.187. The molecule has 0 radical (unpaired) electrons. The van der Waals surface area contributed by atoms with Crippen LogP contribution in [0.2, 0.25) is 0 Å². The van der Waals surface area contributed by atoms with Gasteiger partial charge in [0.1, 0.15) is 5.54 Å². The molecule has 0 aromatic carbocycles. The number of nitrogens with one attached hydrogen (secondary N) is 1. The Balaban J connectivity index is 2.40. The third-order valence-electron chi connectivity index (χ3n) is 3.60. The molecule has 1 aromatic heterocycles. The number of aryl methyl sites for hydroxylation is 1. The third kappa shape index (κ3) is 2.01. The number of aromatic nitrogens is 2. The highest BCUT2D eigenvalue weighted by molar-refractivity contribution is 6.22. The fourth-order valence-electron chi connectivity index (χ4n) is 2.24. The molecule has 2 heterocycles. The number of carbonyl (C=O) groups is 2. The molecule has 2 rings (SSSR count). The van der Waals surface area contributed by atoms with E-state index in [1.165, 1.54) is 0 Å². The van der Waals surface area contributed by atoms with Crippen LogP contribution in [0.1, 0.15) is 45.9 Å². The molecule has 19 heavy (non-hydrogen) atoms. The predicted molar refractivity (Wildman–Crippen MR) is 72.1 cm³/mol. The molecule has 1 aromatic rings. The van der Waals surface area contributed by atoms with Gasteiger partial charge in [0.25, 0.3) is 5.91 Å². The summed E-state index contributed by atoms with van der Waals surface area (Å²) in [4.78, 5) is 25.5. The Bertz CT molecular complexity index is 535. The van der Waals surface area contributed by atoms with Crippen molar-refractivity contribution in [1.82, 2.24) is 15.1 Å². The molecule has 1 atom stereocenters. The van der Waals surface area contributed by atoms with Gasteiger partial charge in [0.2, 0.25) is 0 Å². The second-order valence-electron chi connectivity index (χ2n) is 5.44. The first-order chi connectivity index (χ1) is 8.80. The SMILES string of the molecule is CCC1(C)NC(=O)N(c2cc(C)n(C(C)C)n2)C1=O.